The lowest BCUT2D eigenvalue weighted by Crippen LogP contribution is -2.18. The number of nitrogens with zero attached hydrogens (tertiary/aromatic N) is 3. The number of thiazole rings is 1. The molecule has 0 atom stereocenters. The predicted molar refractivity (Wildman–Crippen MR) is 86.3 cm³/mol. The molecule has 0 N–H and O–H groups in total. The van der Waals surface area contributed by atoms with Crippen molar-refractivity contribution in [2.24, 2.45) is 0 Å². The van der Waals surface area contributed by atoms with Crippen molar-refractivity contribution in [2.75, 3.05) is 13.7 Å². The number of esters is 1. The SMILES string of the molecule is CCOC(=O)c1nc(CN(C)Cc2ccccc2[N+](=O)[O-])cs1. The maximum atomic E-state index is 11.6. The molecule has 1 aromatic carbocycles. The first-order valence-electron chi connectivity index (χ1n) is 7.03. The number of benzene rings is 1. The zero-order valence-electron chi connectivity index (χ0n) is 12.9. The van der Waals surface area contributed by atoms with Crippen LogP contribution in [-0.4, -0.2) is 34.4 Å². The molecule has 2 aromatic rings. The van der Waals surface area contributed by atoms with Gasteiger partial charge in [-0.2, -0.15) is 0 Å². The molecule has 7 nitrogen and oxygen atoms in total. The van der Waals surface area contributed by atoms with Gasteiger partial charge in [-0.15, -0.1) is 11.3 Å². The van der Waals surface area contributed by atoms with Gasteiger partial charge in [0.15, 0.2) is 0 Å². The summed E-state index contributed by atoms with van der Waals surface area (Å²) in [6, 6.07) is 6.65. The quantitative estimate of drug-likeness (QED) is 0.439. The minimum atomic E-state index is -0.426. The van der Waals surface area contributed by atoms with Gasteiger partial charge in [0.2, 0.25) is 5.01 Å². The van der Waals surface area contributed by atoms with Gasteiger partial charge in [-0.3, -0.25) is 15.0 Å². The number of hydrogen-bond donors (Lipinski definition) is 0. The Morgan fingerprint density at radius 1 is 1.39 bits per heavy atom. The summed E-state index contributed by atoms with van der Waals surface area (Å²) in [5.74, 6) is -0.426. The highest BCUT2D eigenvalue weighted by Crippen LogP contribution is 2.20. The molecule has 0 saturated heterocycles. The lowest BCUT2D eigenvalue weighted by molar-refractivity contribution is -0.385. The molecule has 0 unspecified atom stereocenters. The fraction of sp³-hybridized carbons (Fsp3) is 0.333. The van der Waals surface area contributed by atoms with E-state index in [2.05, 4.69) is 4.98 Å². The summed E-state index contributed by atoms with van der Waals surface area (Å²) < 4.78 is 4.90. The molecule has 0 bridgehead atoms. The number of rotatable bonds is 7. The predicted octanol–water partition coefficient (Wildman–Crippen LogP) is 2.86. The van der Waals surface area contributed by atoms with Gasteiger partial charge >= 0.3 is 5.97 Å². The summed E-state index contributed by atoms with van der Waals surface area (Å²) in [5, 5.41) is 13.1. The van der Waals surface area contributed by atoms with Gasteiger partial charge in [-0.05, 0) is 14.0 Å². The minimum Gasteiger partial charge on any atom is -0.461 e. The van der Waals surface area contributed by atoms with Crippen LogP contribution in [0.15, 0.2) is 29.6 Å². The van der Waals surface area contributed by atoms with E-state index in [1.807, 2.05) is 11.9 Å². The minimum absolute atomic E-state index is 0.102. The first kappa shape index (κ1) is 17.0. The third kappa shape index (κ3) is 4.57. The van der Waals surface area contributed by atoms with Crippen molar-refractivity contribution in [1.82, 2.24) is 9.88 Å². The van der Waals surface area contributed by atoms with Gasteiger partial charge in [-0.1, -0.05) is 18.2 Å². The van der Waals surface area contributed by atoms with Crippen molar-refractivity contribution >= 4 is 23.0 Å². The van der Waals surface area contributed by atoms with Gasteiger partial charge < -0.3 is 4.74 Å². The maximum absolute atomic E-state index is 11.6. The Hall–Kier alpha value is -2.32. The Balaban J connectivity index is 2.02. The highest BCUT2D eigenvalue weighted by molar-refractivity contribution is 7.11. The Morgan fingerprint density at radius 3 is 2.83 bits per heavy atom. The van der Waals surface area contributed by atoms with E-state index in [0.29, 0.717) is 30.3 Å². The van der Waals surface area contributed by atoms with Crippen molar-refractivity contribution in [3.63, 3.8) is 0 Å². The molecule has 0 spiro atoms. The van der Waals surface area contributed by atoms with Gasteiger partial charge in [-0.25, -0.2) is 9.78 Å². The lowest BCUT2D eigenvalue weighted by Gasteiger charge is -2.15. The van der Waals surface area contributed by atoms with Gasteiger partial charge in [0.1, 0.15) is 0 Å². The number of nitro benzene ring substituents is 1. The van der Waals surface area contributed by atoms with Crippen LogP contribution in [0, 0.1) is 10.1 Å². The van der Waals surface area contributed by atoms with Crippen LogP contribution in [0.3, 0.4) is 0 Å². The summed E-state index contributed by atoms with van der Waals surface area (Å²) in [6.45, 7) is 2.96. The molecule has 0 aliphatic heterocycles. The zero-order chi connectivity index (χ0) is 16.8. The number of aromatic nitrogens is 1. The van der Waals surface area contributed by atoms with Crippen LogP contribution in [0.25, 0.3) is 0 Å². The molecule has 122 valence electrons. The molecule has 0 radical (unpaired) electrons. The highest BCUT2D eigenvalue weighted by Gasteiger charge is 2.16. The van der Waals surface area contributed by atoms with Gasteiger partial charge in [0.25, 0.3) is 5.69 Å². The Kier molecular flexibility index (Phi) is 5.78. The van der Waals surface area contributed by atoms with Crippen molar-refractivity contribution in [1.29, 1.82) is 0 Å². The zero-order valence-corrected chi connectivity index (χ0v) is 13.7. The molecule has 1 aromatic heterocycles. The van der Waals surface area contributed by atoms with E-state index < -0.39 is 5.97 Å². The van der Waals surface area contributed by atoms with E-state index in [4.69, 9.17) is 4.74 Å². The number of hydrogen-bond acceptors (Lipinski definition) is 7. The molecule has 8 heteroatoms. The summed E-state index contributed by atoms with van der Waals surface area (Å²) in [5.41, 5.74) is 1.48. The lowest BCUT2D eigenvalue weighted by atomic mass is 10.1. The summed E-state index contributed by atoms with van der Waals surface area (Å²) in [6.07, 6.45) is 0. The molecule has 23 heavy (non-hydrogen) atoms. The molecule has 0 aliphatic rings. The van der Waals surface area contributed by atoms with Crippen LogP contribution < -0.4 is 0 Å². The first-order chi connectivity index (χ1) is 11.0. The van der Waals surface area contributed by atoms with Crippen LogP contribution in [0.2, 0.25) is 0 Å². The molecule has 0 amide bonds. The standard InChI is InChI=1S/C15H17N3O4S/c1-3-22-15(19)14-16-12(10-23-14)9-17(2)8-11-6-4-5-7-13(11)18(20)21/h4-7,10H,3,8-9H2,1-2H3. The van der Waals surface area contributed by atoms with Crippen LogP contribution in [-0.2, 0) is 17.8 Å². The first-order valence-corrected chi connectivity index (χ1v) is 7.91. The van der Waals surface area contributed by atoms with Gasteiger partial charge in [0.05, 0.1) is 17.2 Å². The third-order valence-electron chi connectivity index (χ3n) is 3.06. The van der Waals surface area contributed by atoms with Crippen LogP contribution in [0.1, 0.15) is 28.0 Å². The number of ether oxygens (including phenoxy) is 1. The summed E-state index contributed by atoms with van der Waals surface area (Å²) >= 11 is 1.23. The average Bonchev–Trinajstić information content (AvgIpc) is 2.96. The number of carbonyl (C=O) groups excluding carboxylic acids is 1. The Morgan fingerprint density at radius 2 is 2.13 bits per heavy atom. The fourth-order valence-corrected chi connectivity index (χ4v) is 2.81. The summed E-state index contributed by atoms with van der Waals surface area (Å²) in [4.78, 5) is 28.4. The second kappa shape index (κ2) is 7.80. The van der Waals surface area contributed by atoms with E-state index in [1.54, 1.807) is 30.5 Å². The van der Waals surface area contributed by atoms with E-state index in [9.17, 15) is 14.9 Å². The van der Waals surface area contributed by atoms with E-state index in [0.717, 1.165) is 5.69 Å². The van der Waals surface area contributed by atoms with E-state index >= 15 is 0 Å². The average molecular weight is 335 g/mol. The largest absolute Gasteiger partial charge is 0.461 e. The third-order valence-corrected chi connectivity index (χ3v) is 3.93. The van der Waals surface area contributed by atoms with Crippen molar-refractivity contribution in [2.45, 2.75) is 20.0 Å². The van der Waals surface area contributed by atoms with Crippen LogP contribution in [0.4, 0.5) is 5.69 Å². The van der Waals surface area contributed by atoms with E-state index in [-0.39, 0.29) is 10.6 Å². The van der Waals surface area contributed by atoms with Crippen LogP contribution in [0.5, 0.6) is 0 Å². The Bertz CT molecular complexity index is 702. The molecular weight excluding hydrogens is 318 g/mol. The molecule has 0 aliphatic carbocycles. The fourth-order valence-electron chi connectivity index (χ4n) is 2.11. The van der Waals surface area contributed by atoms with Crippen molar-refractivity contribution in [3.05, 3.63) is 56.0 Å². The number of nitro groups is 1. The van der Waals surface area contributed by atoms with Crippen molar-refractivity contribution < 1.29 is 14.5 Å². The van der Waals surface area contributed by atoms with E-state index in [1.165, 1.54) is 17.4 Å². The topological polar surface area (TPSA) is 85.6 Å². The highest BCUT2D eigenvalue weighted by atomic mass is 32.1. The number of carbonyl (C=O) groups is 1. The smallest absolute Gasteiger partial charge is 0.367 e. The van der Waals surface area contributed by atoms with Crippen LogP contribution >= 0.6 is 11.3 Å². The van der Waals surface area contributed by atoms with Gasteiger partial charge in [0, 0.05) is 30.1 Å². The molecule has 1 heterocycles. The molecule has 2 rings (SSSR count). The second-order valence-electron chi connectivity index (χ2n) is 4.92. The Labute approximate surface area is 137 Å². The van der Waals surface area contributed by atoms with Crippen molar-refractivity contribution in [3.8, 4) is 0 Å². The molecule has 0 saturated carbocycles. The maximum Gasteiger partial charge on any atom is 0.367 e. The monoisotopic (exact) mass is 335 g/mol. The molecular formula is C15H17N3O4S. The molecule has 0 fully saturated rings. The number of para-hydroxylation sites is 1. The summed E-state index contributed by atoms with van der Waals surface area (Å²) in [7, 11) is 1.85. The normalized spacial score (nSPS) is 10.7. The second-order valence-corrected chi connectivity index (χ2v) is 5.78.